The highest BCUT2D eigenvalue weighted by Crippen LogP contribution is 2.25. The zero-order valence-corrected chi connectivity index (χ0v) is 10.7. The van der Waals surface area contributed by atoms with Crippen LogP contribution in [-0.4, -0.2) is 25.3 Å². The van der Waals surface area contributed by atoms with Gasteiger partial charge in [0.1, 0.15) is 0 Å². The zero-order valence-electron chi connectivity index (χ0n) is 10.7. The van der Waals surface area contributed by atoms with E-state index in [0.717, 1.165) is 18.6 Å². The summed E-state index contributed by atoms with van der Waals surface area (Å²) in [6, 6.07) is 0.733. The van der Waals surface area contributed by atoms with Crippen LogP contribution in [-0.2, 0) is 4.74 Å². The molecule has 2 rings (SSSR count). The minimum absolute atomic E-state index is 0.569. The van der Waals surface area contributed by atoms with Crippen LogP contribution >= 0.6 is 0 Å². The number of hydrogen-bond acceptors (Lipinski definition) is 2. The van der Waals surface area contributed by atoms with Crippen LogP contribution in [0.5, 0.6) is 0 Å². The van der Waals surface area contributed by atoms with E-state index >= 15 is 0 Å². The Balaban J connectivity index is 1.53. The molecule has 1 heterocycles. The third-order valence-electron chi connectivity index (χ3n) is 4.20. The molecule has 1 atom stereocenters. The molecule has 94 valence electrons. The van der Waals surface area contributed by atoms with E-state index in [9.17, 15) is 0 Å². The molecule has 16 heavy (non-hydrogen) atoms. The summed E-state index contributed by atoms with van der Waals surface area (Å²) in [6.45, 7) is 4.55. The Morgan fingerprint density at radius 2 is 1.88 bits per heavy atom. The van der Waals surface area contributed by atoms with Crippen molar-refractivity contribution in [2.45, 2.75) is 70.4 Å². The normalized spacial score (nSPS) is 36.2. The standard InChI is InChI=1S/C14H27NO/c1-12-5-7-14(8-6-12)16-11-9-13-4-2-3-10-15-13/h12-15H,2-11H2,1H3. The summed E-state index contributed by atoms with van der Waals surface area (Å²) in [5.74, 6) is 0.930. The van der Waals surface area contributed by atoms with Gasteiger partial charge in [-0.15, -0.1) is 0 Å². The molecule has 0 amide bonds. The molecule has 2 aliphatic rings. The van der Waals surface area contributed by atoms with Gasteiger partial charge in [-0.1, -0.05) is 13.3 Å². The molecule has 0 bridgehead atoms. The van der Waals surface area contributed by atoms with E-state index in [-0.39, 0.29) is 0 Å². The van der Waals surface area contributed by atoms with Gasteiger partial charge in [-0.25, -0.2) is 0 Å². The van der Waals surface area contributed by atoms with Crippen molar-refractivity contribution in [1.82, 2.24) is 5.32 Å². The maximum atomic E-state index is 5.99. The summed E-state index contributed by atoms with van der Waals surface area (Å²) in [6.07, 6.45) is 11.2. The van der Waals surface area contributed by atoms with E-state index in [1.807, 2.05) is 0 Å². The Hall–Kier alpha value is -0.0800. The fourth-order valence-corrected chi connectivity index (χ4v) is 2.94. The lowest BCUT2D eigenvalue weighted by molar-refractivity contribution is 0.0144. The predicted octanol–water partition coefficient (Wildman–Crippen LogP) is 3.11. The minimum Gasteiger partial charge on any atom is -0.378 e. The number of nitrogens with one attached hydrogen (secondary N) is 1. The molecule has 1 aliphatic carbocycles. The number of hydrogen-bond donors (Lipinski definition) is 1. The van der Waals surface area contributed by atoms with Gasteiger partial charge in [-0.05, 0) is 57.4 Å². The van der Waals surface area contributed by atoms with Gasteiger partial charge in [-0.2, -0.15) is 0 Å². The quantitative estimate of drug-likeness (QED) is 0.794. The van der Waals surface area contributed by atoms with Crippen molar-refractivity contribution in [3.05, 3.63) is 0 Å². The second-order valence-electron chi connectivity index (χ2n) is 5.69. The molecule has 2 heteroatoms. The van der Waals surface area contributed by atoms with Crippen LogP contribution in [0.15, 0.2) is 0 Å². The van der Waals surface area contributed by atoms with Crippen molar-refractivity contribution in [1.29, 1.82) is 0 Å². The van der Waals surface area contributed by atoms with Gasteiger partial charge in [0, 0.05) is 12.6 Å². The summed E-state index contributed by atoms with van der Waals surface area (Å²) < 4.78 is 5.99. The van der Waals surface area contributed by atoms with Gasteiger partial charge in [0.05, 0.1) is 6.10 Å². The second kappa shape index (κ2) is 6.61. The monoisotopic (exact) mass is 225 g/mol. The molecule has 0 spiro atoms. The predicted molar refractivity (Wildman–Crippen MR) is 67.6 cm³/mol. The van der Waals surface area contributed by atoms with Gasteiger partial charge >= 0.3 is 0 Å². The summed E-state index contributed by atoms with van der Waals surface area (Å²) in [5, 5.41) is 3.58. The summed E-state index contributed by atoms with van der Waals surface area (Å²) in [5.41, 5.74) is 0. The van der Waals surface area contributed by atoms with E-state index in [2.05, 4.69) is 12.2 Å². The molecule has 0 aromatic carbocycles. The van der Waals surface area contributed by atoms with Crippen molar-refractivity contribution in [2.24, 2.45) is 5.92 Å². The number of piperidine rings is 1. The van der Waals surface area contributed by atoms with Crippen LogP contribution in [0.2, 0.25) is 0 Å². The van der Waals surface area contributed by atoms with Gasteiger partial charge in [0.25, 0.3) is 0 Å². The molecule has 1 unspecified atom stereocenters. The highest BCUT2D eigenvalue weighted by molar-refractivity contribution is 4.73. The summed E-state index contributed by atoms with van der Waals surface area (Å²) in [7, 11) is 0. The Bertz CT molecular complexity index is 181. The lowest BCUT2D eigenvalue weighted by Gasteiger charge is -2.28. The summed E-state index contributed by atoms with van der Waals surface area (Å²) in [4.78, 5) is 0. The fraction of sp³-hybridized carbons (Fsp3) is 1.00. The first-order valence-electron chi connectivity index (χ1n) is 7.19. The van der Waals surface area contributed by atoms with Crippen molar-refractivity contribution in [3.8, 4) is 0 Å². The van der Waals surface area contributed by atoms with E-state index in [1.165, 1.54) is 57.9 Å². The van der Waals surface area contributed by atoms with Crippen molar-refractivity contribution >= 4 is 0 Å². The highest BCUT2D eigenvalue weighted by Gasteiger charge is 2.19. The Morgan fingerprint density at radius 3 is 2.56 bits per heavy atom. The van der Waals surface area contributed by atoms with E-state index in [4.69, 9.17) is 4.74 Å². The van der Waals surface area contributed by atoms with E-state index < -0.39 is 0 Å². The average Bonchev–Trinajstić information content (AvgIpc) is 2.33. The first kappa shape index (κ1) is 12.4. The molecule has 1 aliphatic heterocycles. The zero-order chi connectivity index (χ0) is 11.2. The Kier molecular flexibility index (Phi) is 5.11. The molecule has 1 N–H and O–H groups in total. The maximum absolute atomic E-state index is 5.99. The number of ether oxygens (including phenoxy) is 1. The average molecular weight is 225 g/mol. The van der Waals surface area contributed by atoms with Crippen LogP contribution in [0.4, 0.5) is 0 Å². The van der Waals surface area contributed by atoms with Gasteiger partial charge in [0.2, 0.25) is 0 Å². The molecular formula is C14H27NO. The molecule has 1 saturated carbocycles. The third-order valence-corrected chi connectivity index (χ3v) is 4.20. The van der Waals surface area contributed by atoms with Gasteiger partial charge in [-0.3, -0.25) is 0 Å². The molecule has 0 radical (unpaired) electrons. The lowest BCUT2D eigenvalue weighted by atomic mass is 9.89. The molecule has 2 fully saturated rings. The van der Waals surface area contributed by atoms with E-state index in [1.54, 1.807) is 0 Å². The molecule has 2 nitrogen and oxygen atoms in total. The molecule has 0 aromatic heterocycles. The van der Waals surface area contributed by atoms with Gasteiger partial charge < -0.3 is 10.1 Å². The largest absolute Gasteiger partial charge is 0.378 e. The summed E-state index contributed by atoms with van der Waals surface area (Å²) >= 11 is 0. The SMILES string of the molecule is CC1CCC(OCCC2CCCCN2)CC1. The fourth-order valence-electron chi connectivity index (χ4n) is 2.94. The topological polar surface area (TPSA) is 21.3 Å². The van der Waals surface area contributed by atoms with Crippen molar-refractivity contribution in [2.75, 3.05) is 13.2 Å². The van der Waals surface area contributed by atoms with Gasteiger partial charge in [0.15, 0.2) is 0 Å². The molecule has 0 aromatic rings. The Morgan fingerprint density at radius 1 is 1.06 bits per heavy atom. The van der Waals surface area contributed by atoms with Crippen LogP contribution in [0.1, 0.15) is 58.3 Å². The molecule has 1 saturated heterocycles. The maximum Gasteiger partial charge on any atom is 0.0575 e. The van der Waals surface area contributed by atoms with Crippen molar-refractivity contribution < 1.29 is 4.74 Å². The third kappa shape index (κ3) is 4.06. The smallest absolute Gasteiger partial charge is 0.0575 e. The first-order chi connectivity index (χ1) is 7.84. The van der Waals surface area contributed by atoms with Crippen LogP contribution in [0.3, 0.4) is 0 Å². The minimum atomic E-state index is 0.569. The van der Waals surface area contributed by atoms with E-state index in [0.29, 0.717) is 6.10 Å². The second-order valence-corrected chi connectivity index (χ2v) is 5.69. The van der Waals surface area contributed by atoms with Crippen LogP contribution < -0.4 is 5.32 Å². The van der Waals surface area contributed by atoms with Crippen molar-refractivity contribution in [3.63, 3.8) is 0 Å². The first-order valence-corrected chi connectivity index (χ1v) is 7.19. The lowest BCUT2D eigenvalue weighted by Crippen LogP contribution is -2.35. The Labute approximate surface area is 100 Å². The molecular weight excluding hydrogens is 198 g/mol. The highest BCUT2D eigenvalue weighted by atomic mass is 16.5. The number of rotatable bonds is 4. The van der Waals surface area contributed by atoms with Crippen LogP contribution in [0, 0.1) is 5.92 Å². The van der Waals surface area contributed by atoms with Crippen LogP contribution in [0.25, 0.3) is 0 Å².